The van der Waals surface area contributed by atoms with Crippen LogP contribution in [0.5, 0.6) is 5.75 Å². The summed E-state index contributed by atoms with van der Waals surface area (Å²) >= 11 is 0. The zero-order valence-electron chi connectivity index (χ0n) is 12.7. The van der Waals surface area contributed by atoms with Crippen molar-refractivity contribution >= 4 is 41.7 Å². The fraction of sp³-hybridized carbons (Fsp3) is 0.375. The zero-order chi connectivity index (χ0) is 14.7. The molecule has 1 aromatic heterocycles. The van der Waals surface area contributed by atoms with Crippen molar-refractivity contribution in [3.8, 4) is 5.75 Å². The highest BCUT2D eigenvalue weighted by Gasteiger charge is 2.30. The molecule has 0 aliphatic carbocycles. The number of fused-ring (bicyclic) bond motifs is 1. The van der Waals surface area contributed by atoms with Gasteiger partial charge in [0.2, 0.25) is 0 Å². The van der Waals surface area contributed by atoms with Crippen molar-refractivity contribution in [1.82, 2.24) is 10.3 Å². The first kappa shape index (κ1) is 19.5. The van der Waals surface area contributed by atoms with Gasteiger partial charge < -0.3 is 14.8 Å². The maximum Gasteiger partial charge on any atom is 0.322 e. The van der Waals surface area contributed by atoms with Gasteiger partial charge in [0.25, 0.3) is 0 Å². The average molecular weight is 359 g/mol. The minimum absolute atomic E-state index is 0. The number of nitrogens with zero attached hydrogens (tertiary/aromatic N) is 1. The maximum absolute atomic E-state index is 11.5. The number of benzene rings is 1. The van der Waals surface area contributed by atoms with Crippen LogP contribution in [0.3, 0.4) is 0 Å². The molecule has 1 aliphatic rings. The molecule has 0 bridgehead atoms. The van der Waals surface area contributed by atoms with E-state index in [1.807, 2.05) is 30.3 Å². The first-order chi connectivity index (χ1) is 10.3. The first-order valence-electron chi connectivity index (χ1n) is 7.05. The predicted octanol–water partition coefficient (Wildman–Crippen LogP) is 2.61. The van der Waals surface area contributed by atoms with Crippen LogP contribution in [-0.2, 0) is 9.53 Å². The van der Waals surface area contributed by atoms with Gasteiger partial charge >= 0.3 is 5.97 Å². The number of carbonyl (C=O) groups excluding carboxylic acids is 1. The number of halogens is 2. The Hall–Kier alpha value is -1.56. The number of hydrogen-bond acceptors (Lipinski definition) is 5. The van der Waals surface area contributed by atoms with E-state index in [1.165, 1.54) is 7.11 Å². The fourth-order valence-corrected chi connectivity index (χ4v) is 2.66. The van der Waals surface area contributed by atoms with Crippen molar-refractivity contribution in [2.24, 2.45) is 5.92 Å². The molecule has 2 atom stereocenters. The number of hydrogen-bond donors (Lipinski definition) is 1. The van der Waals surface area contributed by atoms with Gasteiger partial charge in [-0.3, -0.25) is 9.78 Å². The summed E-state index contributed by atoms with van der Waals surface area (Å²) in [6.45, 7) is 1.34. The molecule has 1 N–H and O–H groups in total. The standard InChI is InChI=1S/C16H18N2O3.2ClH/c1-20-16(19)14-8-11(9-18-14)10-21-15-6-7-17-13-5-3-2-4-12(13)15;;/h2-7,11,14,18H,8-10H2,1H3;2*1H. The summed E-state index contributed by atoms with van der Waals surface area (Å²) in [5.74, 6) is 0.940. The van der Waals surface area contributed by atoms with E-state index in [1.54, 1.807) is 6.20 Å². The van der Waals surface area contributed by atoms with E-state index in [0.717, 1.165) is 29.6 Å². The molecule has 3 rings (SSSR count). The van der Waals surface area contributed by atoms with Crippen molar-refractivity contribution in [3.05, 3.63) is 36.5 Å². The fourth-order valence-electron chi connectivity index (χ4n) is 2.66. The molecule has 2 aromatic rings. The normalized spacial score (nSPS) is 19.5. The SMILES string of the molecule is COC(=O)C1CC(COc2ccnc3ccccc23)CN1.Cl.Cl. The second-order valence-corrected chi connectivity index (χ2v) is 5.22. The molecule has 1 fully saturated rings. The molecular formula is C16H20Cl2N2O3. The second kappa shape index (κ2) is 8.91. The van der Waals surface area contributed by atoms with Gasteiger partial charge in [-0.25, -0.2) is 0 Å². The van der Waals surface area contributed by atoms with Gasteiger partial charge in [0.1, 0.15) is 11.8 Å². The van der Waals surface area contributed by atoms with E-state index >= 15 is 0 Å². The maximum atomic E-state index is 11.5. The van der Waals surface area contributed by atoms with E-state index in [-0.39, 0.29) is 36.8 Å². The summed E-state index contributed by atoms with van der Waals surface area (Å²) < 4.78 is 10.7. The van der Waals surface area contributed by atoms with Gasteiger partial charge in [-0.05, 0) is 24.6 Å². The number of pyridine rings is 1. The Morgan fingerprint density at radius 2 is 2.09 bits per heavy atom. The molecule has 5 nitrogen and oxygen atoms in total. The van der Waals surface area contributed by atoms with Crippen molar-refractivity contribution < 1.29 is 14.3 Å². The quantitative estimate of drug-likeness (QED) is 0.851. The lowest BCUT2D eigenvalue weighted by Gasteiger charge is -2.12. The van der Waals surface area contributed by atoms with E-state index in [4.69, 9.17) is 9.47 Å². The molecule has 7 heteroatoms. The summed E-state index contributed by atoms with van der Waals surface area (Å²) in [5, 5.41) is 4.17. The molecule has 1 aromatic carbocycles. The molecule has 2 heterocycles. The third-order valence-corrected chi connectivity index (χ3v) is 3.79. The number of carbonyl (C=O) groups is 1. The number of rotatable bonds is 4. The monoisotopic (exact) mass is 358 g/mol. The Bertz CT molecular complexity index is 649. The van der Waals surface area contributed by atoms with Gasteiger partial charge in [0.15, 0.2) is 0 Å². The lowest BCUT2D eigenvalue weighted by Crippen LogP contribution is -2.31. The number of methoxy groups -OCH3 is 1. The Balaban J connectivity index is 0.00000132. The molecule has 2 unspecified atom stereocenters. The van der Waals surface area contributed by atoms with Gasteiger partial charge in [0.05, 0.1) is 19.2 Å². The Morgan fingerprint density at radius 3 is 2.87 bits per heavy atom. The molecule has 1 saturated heterocycles. The summed E-state index contributed by atoms with van der Waals surface area (Å²) in [6, 6.07) is 9.57. The van der Waals surface area contributed by atoms with Crippen molar-refractivity contribution in [1.29, 1.82) is 0 Å². The van der Waals surface area contributed by atoms with Crippen LogP contribution in [0.25, 0.3) is 10.9 Å². The third-order valence-electron chi connectivity index (χ3n) is 3.79. The van der Waals surface area contributed by atoms with Gasteiger partial charge in [0, 0.05) is 24.0 Å². The van der Waals surface area contributed by atoms with E-state index in [9.17, 15) is 4.79 Å². The Morgan fingerprint density at radius 1 is 1.30 bits per heavy atom. The van der Waals surface area contributed by atoms with Crippen LogP contribution in [0.15, 0.2) is 36.5 Å². The van der Waals surface area contributed by atoms with Crippen molar-refractivity contribution in [2.45, 2.75) is 12.5 Å². The van der Waals surface area contributed by atoms with E-state index < -0.39 is 0 Å². The molecular weight excluding hydrogens is 339 g/mol. The summed E-state index contributed by atoms with van der Waals surface area (Å²) in [4.78, 5) is 15.8. The average Bonchev–Trinajstić information content (AvgIpc) is 3.01. The predicted molar refractivity (Wildman–Crippen MR) is 93.6 cm³/mol. The number of ether oxygens (including phenoxy) is 2. The number of aromatic nitrogens is 1. The molecule has 1 aliphatic heterocycles. The lowest BCUT2D eigenvalue weighted by molar-refractivity contribution is -0.142. The number of para-hydroxylation sites is 1. The van der Waals surface area contributed by atoms with Crippen LogP contribution in [0.1, 0.15) is 6.42 Å². The Labute approximate surface area is 147 Å². The minimum atomic E-state index is -0.210. The lowest BCUT2D eigenvalue weighted by atomic mass is 10.1. The highest BCUT2D eigenvalue weighted by atomic mass is 35.5. The zero-order valence-corrected chi connectivity index (χ0v) is 14.4. The van der Waals surface area contributed by atoms with E-state index in [0.29, 0.717) is 12.5 Å². The minimum Gasteiger partial charge on any atom is -0.492 e. The van der Waals surface area contributed by atoms with Crippen molar-refractivity contribution in [2.75, 3.05) is 20.3 Å². The molecule has 0 radical (unpaired) electrons. The van der Waals surface area contributed by atoms with Crippen LogP contribution < -0.4 is 10.1 Å². The van der Waals surface area contributed by atoms with E-state index in [2.05, 4.69) is 10.3 Å². The first-order valence-corrected chi connectivity index (χ1v) is 7.05. The van der Waals surface area contributed by atoms with Crippen LogP contribution in [0, 0.1) is 5.92 Å². The Kier molecular flexibility index (Phi) is 7.55. The largest absolute Gasteiger partial charge is 0.492 e. The molecule has 0 saturated carbocycles. The summed E-state index contributed by atoms with van der Waals surface area (Å²) in [5.41, 5.74) is 0.923. The highest BCUT2D eigenvalue weighted by molar-refractivity contribution is 5.86. The molecule has 0 amide bonds. The molecule has 126 valence electrons. The second-order valence-electron chi connectivity index (χ2n) is 5.22. The summed E-state index contributed by atoms with van der Waals surface area (Å²) in [7, 11) is 1.41. The summed E-state index contributed by atoms with van der Waals surface area (Å²) in [6.07, 6.45) is 2.50. The highest BCUT2D eigenvalue weighted by Crippen LogP contribution is 2.25. The van der Waals surface area contributed by atoms with Crippen LogP contribution in [0.4, 0.5) is 0 Å². The van der Waals surface area contributed by atoms with Gasteiger partial charge in [-0.1, -0.05) is 12.1 Å². The molecule has 0 spiro atoms. The molecule has 23 heavy (non-hydrogen) atoms. The van der Waals surface area contributed by atoms with Gasteiger partial charge in [-0.15, -0.1) is 24.8 Å². The number of nitrogens with one attached hydrogen (secondary N) is 1. The van der Waals surface area contributed by atoms with Crippen LogP contribution in [-0.4, -0.2) is 37.3 Å². The smallest absolute Gasteiger partial charge is 0.322 e. The van der Waals surface area contributed by atoms with Crippen molar-refractivity contribution in [3.63, 3.8) is 0 Å². The number of esters is 1. The van der Waals surface area contributed by atoms with Gasteiger partial charge in [-0.2, -0.15) is 0 Å². The van der Waals surface area contributed by atoms with Crippen LogP contribution in [0.2, 0.25) is 0 Å². The van der Waals surface area contributed by atoms with Crippen LogP contribution >= 0.6 is 24.8 Å². The topological polar surface area (TPSA) is 60.5 Å². The third kappa shape index (κ3) is 4.47.